The second-order valence-electron chi connectivity index (χ2n) is 3.13. The Morgan fingerprint density at radius 1 is 1.07 bits per heavy atom. The van der Waals surface area contributed by atoms with E-state index in [0.717, 1.165) is 25.7 Å². The molecule has 0 aliphatic carbocycles. The first kappa shape index (κ1) is 14.4. The molecule has 0 rings (SSSR count). The van der Waals surface area contributed by atoms with E-state index in [4.69, 9.17) is 18.9 Å². The van der Waals surface area contributed by atoms with E-state index in [1.165, 1.54) is 0 Å². The Bertz CT molecular complexity index is 144. The van der Waals surface area contributed by atoms with Crippen LogP contribution in [0.1, 0.15) is 25.7 Å². The zero-order chi connectivity index (χ0) is 11.4. The van der Waals surface area contributed by atoms with Gasteiger partial charge in [-0.3, -0.25) is 0 Å². The summed E-state index contributed by atoms with van der Waals surface area (Å²) in [6.07, 6.45) is 7.72. The van der Waals surface area contributed by atoms with Gasteiger partial charge in [0.1, 0.15) is 0 Å². The summed E-state index contributed by atoms with van der Waals surface area (Å²) in [6, 6.07) is 0. The minimum Gasteiger partial charge on any atom is -0.476 e. The molecule has 0 aliphatic rings. The summed E-state index contributed by atoms with van der Waals surface area (Å²) >= 11 is 0. The lowest BCUT2D eigenvalue weighted by atomic mass is 10.2. The van der Waals surface area contributed by atoms with Crippen molar-refractivity contribution in [3.05, 3.63) is 12.3 Å². The fourth-order valence-electron chi connectivity index (χ4n) is 1.15. The number of hydrogen-bond acceptors (Lipinski definition) is 4. The van der Waals surface area contributed by atoms with Gasteiger partial charge in [-0.15, -0.1) is 0 Å². The SMILES string of the molecule is COCOC=CCCCCC(OC)OC. The first-order chi connectivity index (χ1) is 7.35. The van der Waals surface area contributed by atoms with Crippen molar-refractivity contribution in [2.75, 3.05) is 28.1 Å². The standard InChI is InChI=1S/C11H22O4/c1-12-10-15-9-7-5-4-6-8-11(13-2)14-3/h7,9,11H,4-6,8,10H2,1-3H3. The van der Waals surface area contributed by atoms with Gasteiger partial charge in [-0.1, -0.05) is 0 Å². The van der Waals surface area contributed by atoms with E-state index in [1.807, 2.05) is 6.08 Å². The van der Waals surface area contributed by atoms with Crippen molar-refractivity contribution in [1.29, 1.82) is 0 Å². The normalized spacial score (nSPS) is 11.5. The molecule has 15 heavy (non-hydrogen) atoms. The summed E-state index contributed by atoms with van der Waals surface area (Å²) in [7, 11) is 4.92. The fraction of sp³-hybridized carbons (Fsp3) is 0.818. The predicted octanol–water partition coefficient (Wildman–Crippen LogP) is 2.30. The molecule has 0 fully saturated rings. The highest BCUT2D eigenvalue weighted by molar-refractivity contribution is 4.72. The minimum atomic E-state index is -0.0706. The Morgan fingerprint density at radius 2 is 1.80 bits per heavy atom. The maximum atomic E-state index is 5.08. The number of hydrogen-bond donors (Lipinski definition) is 0. The zero-order valence-corrected chi connectivity index (χ0v) is 9.90. The molecule has 0 bridgehead atoms. The molecular formula is C11H22O4. The van der Waals surface area contributed by atoms with Crippen LogP contribution < -0.4 is 0 Å². The molecule has 0 N–H and O–H groups in total. The molecule has 0 radical (unpaired) electrons. The highest BCUT2D eigenvalue weighted by atomic mass is 16.7. The average molecular weight is 218 g/mol. The molecule has 0 aromatic heterocycles. The molecule has 0 unspecified atom stereocenters. The van der Waals surface area contributed by atoms with Crippen LogP contribution >= 0.6 is 0 Å². The summed E-state index contributed by atoms with van der Waals surface area (Å²) in [5, 5.41) is 0. The van der Waals surface area contributed by atoms with Gasteiger partial charge >= 0.3 is 0 Å². The third-order valence-electron chi connectivity index (χ3n) is 1.96. The predicted molar refractivity (Wildman–Crippen MR) is 58.4 cm³/mol. The molecule has 0 aromatic carbocycles. The van der Waals surface area contributed by atoms with Crippen molar-refractivity contribution >= 4 is 0 Å². The van der Waals surface area contributed by atoms with Crippen LogP contribution in [0.4, 0.5) is 0 Å². The lowest BCUT2D eigenvalue weighted by Gasteiger charge is -2.11. The summed E-state index contributed by atoms with van der Waals surface area (Å²) in [6.45, 7) is 0.311. The second-order valence-corrected chi connectivity index (χ2v) is 3.13. The van der Waals surface area contributed by atoms with Crippen molar-refractivity contribution in [1.82, 2.24) is 0 Å². The lowest BCUT2D eigenvalue weighted by Crippen LogP contribution is -2.12. The lowest BCUT2D eigenvalue weighted by molar-refractivity contribution is -0.107. The van der Waals surface area contributed by atoms with Gasteiger partial charge in [-0.05, 0) is 31.8 Å². The Labute approximate surface area is 92.2 Å². The molecule has 0 aliphatic heterocycles. The molecule has 90 valence electrons. The van der Waals surface area contributed by atoms with Crippen LogP contribution in [0.3, 0.4) is 0 Å². The van der Waals surface area contributed by atoms with Crippen LogP contribution in [-0.2, 0) is 18.9 Å². The van der Waals surface area contributed by atoms with E-state index in [0.29, 0.717) is 6.79 Å². The van der Waals surface area contributed by atoms with Gasteiger partial charge in [0.15, 0.2) is 13.1 Å². The topological polar surface area (TPSA) is 36.9 Å². The third kappa shape index (κ3) is 9.72. The quantitative estimate of drug-likeness (QED) is 0.320. The summed E-state index contributed by atoms with van der Waals surface area (Å²) in [5.74, 6) is 0. The van der Waals surface area contributed by atoms with Gasteiger partial charge in [-0.25, -0.2) is 0 Å². The zero-order valence-electron chi connectivity index (χ0n) is 9.90. The third-order valence-corrected chi connectivity index (χ3v) is 1.96. The van der Waals surface area contributed by atoms with E-state index >= 15 is 0 Å². The molecule has 0 spiro atoms. The Morgan fingerprint density at radius 3 is 2.40 bits per heavy atom. The van der Waals surface area contributed by atoms with Gasteiger partial charge in [-0.2, -0.15) is 0 Å². The maximum absolute atomic E-state index is 5.08. The van der Waals surface area contributed by atoms with Gasteiger partial charge in [0, 0.05) is 21.3 Å². The van der Waals surface area contributed by atoms with Gasteiger partial charge in [0.05, 0.1) is 6.26 Å². The monoisotopic (exact) mass is 218 g/mol. The smallest absolute Gasteiger partial charge is 0.187 e. The number of methoxy groups -OCH3 is 3. The Balaban J connectivity index is 3.20. The van der Waals surface area contributed by atoms with Crippen molar-refractivity contribution in [3.63, 3.8) is 0 Å². The van der Waals surface area contributed by atoms with Gasteiger partial charge < -0.3 is 18.9 Å². The highest BCUT2D eigenvalue weighted by Crippen LogP contribution is 2.07. The molecule has 0 amide bonds. The summed E-state index contributed by atoms with van der Waals surface area (Å²) < 4.78 is 19.9. The van der Waals surface area contributed by atoms with Crippen LogP contribution in [0.5, 0.6) is 0 Å². The Hall–Kier alpha value is -0.580. The van der Waals surface area contributed by atoms with Crippen molar-refractivity contribution in [2.24, 2.45) is 0 Å². The number of allylic oxidation sites excluding steroid dienone is 1. The van der Waals surface area contributed by atoms with Crippen molar-refractivity contribution < 1.29 is 18.9 Å². The summed E-state index contributed by atoms with van der Waals surface area (Å²) in [4.78, 5) is 0. The highest BCUT2D eigenvalue weighted by Gasteiger charge is 2.02. The number of rotatable bonds is 10. The minimum absolute atomic E-state index is 0.0706. The molecule has 0 saturated heterocycles. The largest absolute Gasteiger partial charge is 0.476 e. The second kappa shape index (κ2) is 11.5. The van der Waals surface area contributed by atoms with Gasteiger partial charge in [0.2, 0.25) is 0 Å². The van der Waals surface area contributed by atoms with Crippen LogP contribution in [0.25, 0.3) is 0 Å². The number of unbranched alkanes of at least 4 members (excludes halogenated alkanes) is 2. The Kier molecular flexibility index (Phi) is 11.1. The summed E-state index contributed by atoms with van der Waals surface area (Å²) in [5.41, 5.74) is 0. The van der Waals surface area contributed by atoms with E-state index in [9.17, 15) is 0 Å². The first-order valence-electron chi connectivity index (χ1n) is 5.16. The van der Waals surface area contributed by atoms with E-state index in [2.05, 4.69) is 0 Å². The van der Waals surface area contributed by atoms with Crippen molar-refractivity contribution in [3.8, 4) is 0 Å². The van der Waals surface area contributed by atoms with Crippen LogP contribution in [0.2, 0.25) is 0 Å². The fourth-order valence-corrected chi connectivity index (χ4v) is 1.15. The van der Waals surface area contributed by atoms with E-state index in [-0.39, 0.29) is 6.29 Å². The average Bonchev–Trinajstić information content (AvgIpc) is 2.27. The molecular weight excluding hydrogens is 196 g/mol. The molecule has 0 aromatic rings. The van der Waals surface area contributed by atoms with E-state index in [1.54, 1.807) is 27.6 Å². The van der Waals surface area contributed by atoms with Crippen LogP contribution in [0.15, 0.2) is 12.3 Å². The van der Waals surface area contributed by atoms with Crippen LogP contribution in [-0.4, -0.2) is 34.4 Å². The molecule has 4 nitrogen and oxygen atoms in total. The first-order valence-corrected chi connectivity index (χ1v) is 5.16. The van der Waals surface area contributed by atoms with E-state index < -0.39 is 0 Å². The van der Waals surface area contributed by atoms with Crippen molar-refractivity contribution in [2.45, 2.75) is 32.0 Å². The molecule has 0 atom stereocenters. The van der Waals surface area contributed by atoms with Gasteiger partial charge in [0.25, 0.3) is 0 Å². The molecule has 4 heteroatoms. The number of ether oxygens (including phenoxy) is 4. The molecule has 0 heterocycles. The van der Waals surface area contributed by atoms with Crippen LogP contribution in [0, 0.1) is 0 Å². The molecule has 0 saturated carbocycles. The maximum Gasteiger partial charge on any atom is 0.187 e.